The maximum Gasteiger partial charge on any atom is 0.331 e. The lowest BCUT2D eigenvalue weighted by Crippen LogP contribution is -2.02. The van der Waals surface area contributed by atoms with Crippen molar-refractivity contribution in [1.29, 1.82) is 5.26 Å². The number of aromatic nitrogens is 1. The zero-order chi connectivity index (χ0) is 18.2. The molecule has 0 atom stereocenters. The summed E-state index contributed by atoms with van der Waals surface area (Å²) in [5.41, 5.74) is 2.20. The first-order valence-corrected chi connectivity index (χ1v) is 7.49. The van der Waals surface area contributed by atoms with Crippen molar-refractivity contribution in [2.75, 3.05) is 13.7 Å². The first-order valence-electron chi connectivity index (χ1n) is 7.49. The van der Waals surface area contributed by atoms with E-state index in [1.54, 1.807) is 38.1 Å². The monoisotopic (exact) mass is 342 g/mol. The molecule has 1 heterocycles. The van der Waals surface area contributed by atoms with Gasteiger partial charge in [-0.05, 0) is 37.6 Å². The van der Waals surface area contributed by atoms with Gasteiger partial charge in [0.1, 0.15) is 18.4 Å². The van der Waals surface area contributed by atoms with E-state index in [1.165, 1.54) is 13.2 Å². The second-order valence-corrected chi connectivity index (χ2v) is 5.10. The van der Waals surface area contributed by atoms with Crippen LogP contribution in [0.25, 0.3) is 6.08 Å². The molecule has 7 nitrogen and oxygen atoms in total. The summed E-state index contributed by atoms with van der Waals surface area (Å²) in [6, 6.07) is 7.01. The van der Waals surface area contributed by atoms with E-state index in [-0.39, 0.29) is 13.2 Å². The second kappa shape index (κ2) is 8.55. The summed E-state index contributed by atoms with van der Waals surface area (Å²) in [4.78, 5) is 11.8. The fourth-order valence-corrected chi connectivity index (χ4v) is 2.08. The Morgan fingerprint density at radius 1 is 1.36 bits per heavy atom. The minimum absolute atomic E-state index is 0.0699. The highest BCUT2D eigenvalue weighted by Crippen LogP contribution is 2.28. The second-order valence-electron chi connectivity index (χ2n) is 5.10. The van der Waals surface area contributed by atoms with Crippen molar-refractivity contribution < 1.29 is 23.5 Å². The topological polar surface area (TPSA) is 94.6 Å². The quantitative estimate of drug-likeness (QED) is 0.564. The maximum absolute atomic E-state index is 11.8. The number of carbonyl (C=O) groups is 1. The third-order valence-corrected chi connectivity index (χ3v) is 3.43. The normalized spacial score (nSPS) is 10.5. The summed E-state index contributed by atoms with van der Waals surface area (Å²) in [6.07, 6.45) is 2.93. The van der Waals surface area contributed by atoms with E-state index in [0.29, 0.717) is 23.0 Å². The Balaban J connectivity index is 1.98. The van der Waals surface area contributed by atoms with Crippen LogP contribution in [0.3, 0.4) is 0 Å². The largest absolute Gasteiger partial charge is 0.493 e. The first kappa shape index (κ1) is 18.1. The van der Waals surface area contributed by atoms with Gasteiger partial charge < -0.3 is 18.7 Å². The van der Waals surface area contributed by atoms with Crippen molar-refractivity contribution in [3.8, 4) is 17.6 Å². The highest BCUT2D eigenvalue weighted by molar-refractivity contribution is 5.87. The Bertz CT molecular complexity index is 798. The number of hydrogen-bond donors (Lipinski definition) is 0. The van der Waals surface area contributed by atoms with Crippen molar-refractivity contribution in [3.63, 3.8) is 0 Å². The van der Waals surface area contributed by atoms with Crippen LogP contribution in [-0.2, 0) is 16.1 Å². The summed E-state index contributed by atoms with van der Waals surface area (Å²) >= 11 is 0. The van der Waals surface area contributed by atoms with Crippen molar-refractivity contribution >= 4 is 12.0 Å². The number of carbonyl (C=O) groups excluding carboxylic acids is 1. The fourth-order valence-electron chi connectivity index (χ4n) is 2.08. The van der Waals surface area contributed by atoms with Crippen LogP contribution >= 0.6 is 0 Å². The molecule has 0 radical (unpaired) electrons. The zero-order valence-corrected chi connectivity index (χ0v) is 14.2. The molecule has 2 aromatic rings. The van der Waals surface area contributed by atoms with Gasteiger partial charge in [-0.15, -0.1) is 0 Å². The smallest absolute Gasteiger partial charge is 0.331 e. The van der Waals surface area contributed by atoms with Crippen LogP contribution in [-0.4, -0.2) is 24.8 Å². The Hall–Kier alpha value is -3.27. The van der Waals surface area contributed by atoms with Gasteiger partial charge in [0.25, 0.3) is 0 Å². The Labute approximate surface area is 145 Å². The Kier molecular flexibility index (Phi) is 6.18. The van der Waals surface area contributed by atoms with Gasteiger partial charge in [0, 0.05) is 6.08 Å². The van der Waals surface area contributed by atoms with Crippen LogP contribution in [0.2, 0.25) is 0 Å². The number of aryl methyl sites for hydroxylation is 2. The summed E-state index contributed by atoms with van der Waals surface area (Å²) in [6.45, 7) is 3.59. The van der Waals surface area contributed by atoms with Crippen molar-refractivity contribution in [2.45, 2.75) is 20.5 Å². The lowest BCUT2D eigenvalue weighted by Gasteiger charge is -2.08. The predicted molar refractivity (Wildman–Crippen MR) is 88.9 cm³/mol. The molecule has 0 amide bonds. The Morgan fingerprint density at radius 3 is 2.80 bits per heavy atom. The van der Waals surface area contributed by atoms with Gasteiger partial charge in [-0.1, -0.05) is 11.2 Å². The van der Waals surface area contributed by atoms with Gasteiger partial charge in [-0.2, -0.15) is 5.26 Å². The van der Waals surface area contributed by atoms with Gasteiger partial charge in [-0.3, -0.25) is 0 Å². The van der Waals surface area contributed by atoms with Crippen molar-refractivity contribution in [2.24, 2.45) is 0 Å². The van der Waals surface area contributed by atoms with Crippen LogP contribution in [0.1, 0.15) is 22.6 Å². The first-order chi connectivity index (χ1) is 12.0. The van der Waals surface area contributed by atoms with Crippen molar-refractivity contribution in [3.05, 3.63) is 46.9 Å². The third-order valence-electron chi connectivity index (χ3n) is 3.43. The molecule has 0 aliphatic rings. The summed E-state index contributed by atoms with van der Waals surface area (Å²) in [5, 5.41) is 12.4. The molecule has 1 aromatic carbocycles. The summed E-state index contributed by atoms with van der Waals surface area (Å²) in [5.74, 6) is 1.08. The molecule has 0 unspecified atom stereocenters. The predicted octanol–water partition coefficient (Wildman–Crippen LogP) is 2.96. The van der Waals surface area contributed by atoms with E-state index in [0.717, 1.165) is 11.1 Å². The highest BCUT2D eigenvalue weighted by atomic mass is 16.5. The molecule has 0 spiro atoms. The molecule has 0 aliphatic heterocycles. The molecule has 0 N–H and O–H groups in total. The average molecular weight is 342 g/mol. The van der Waals surface area contributed by atoms with E-state index in [9.17, 15) is 4.79 Å². The minimum atomic E-state index is -0.483. The third kappa shape index (κ3) is 4.85. The number of benzene rings is 1. The number of nitriles is 1. The summed E-state index contributed by atoms with van der Waals surface area (Å²) in [7, 11) is 1.50. The molecule has 0 aliphatic carbocycles. The molecule has 0 saturated heterocycles. The molecular weight excluding hydrogens is 324 g/mol. The van der Waals surface area contributed by atoms with Gasteiger partial charge in [-0.25, -0.2) is 4.79 Å². The maximum atomic E-state index is 11.8. The number of nitrogens with zero attached hydrogens (tertiary/aromatic N) is 2. The Morgan fingerprint density at radius 2 is 2.16 bits per heavy atom. The summed E-state index contributed by atoms with van der Waals surface area (Å²) < 4.78 is 20.7. The molecule has 2 rings (SSSR count). The van der Waals surface area contributed by atoms with E-state index >= 15 is 0 Å². The minimum Gasteiger partial charge on any atom is -0.493 e. The number of rotatable bonds is 7. The van der Waals surface area contributed by atoms with Crippen LogP contribution in [0.15, 0.2) is 28.8 Å². The molecule has 130 valence electrons. The van der Waals surface area contributed by atoms with Gasteiger partial charge in [0.2, 0.25) is 0 Å². The number of methoxy groups -OCH3 is 1. The molecule has 0 saturated carbocycles. The lowest BCUT2D eigenvalue weighted by molar-refractivity contribution is -0.138. The zero-order valence-electron chi connectivity index (χ0n) is 14.2. The standard InChI is InChI=1S/C18H18N2O5/c1-12-15(13(2)25-20-12)11-24-18(21)7-5-14-4-6-16(23-9-8-19)17(10-14)22-3/h4-7,10H,9,11H2,1-3H3. The molecule has 25 heavy (non-hydrogen) atoms. The van der Waals surface area contributed by atoms with Crippen LogP contribution < -0.4 is 9.47 Å². The number of hydrogen-bond acceptors (Lipinski definition) is 7. The fraction of sp³-hybridized carbons (Fsp3) is 0.278. The SMILES string of the molecule is COc1cc(C=CC(=O)OCc2c(C)noc2C)ccc1OCC#N. The lowest BCUT2D eigenvalue weighted by atomic mass is 10.2. The number of esters is 1. The van der Waals surface area contributed by atoms with Crippen LogP contribution in [0, 0.1) is 25.2 Å². The molecule has 0 fully saturated rings. The van der Waals surface area contributed by atoms with E-state index in [1.807, 2.05) is 6.07 Å². The van der Waals surface area contributed by atoms with E-state index < -0.39 is 5.97 Å². The van der Waals surface area contributed by atoms with Gasteiger partial charge in [0.15, 0.2) is 18.1 Å². The van der Waals surface area contributed by atoms with E-state index in [2.05, 4.69) is 5.16 Å². The molecular formula is C18H18N2O5. The van der Waals surface area contributed by atoms with Gasteiger partial charge in [0.05, 0.1) is 18.4 Å². The highest BCUT2D eigenvalue weighted by Gasteiger charge is 2.10. The number of ether oxygens (including phenoxy) is 3. The average Bonchev–Trinajstić information content (AvgIpc) is 2.94. The molecule has 1 aromatic heterocycles. The molecule has 0 bridgehead atoms. The van der Waals surface area contributed by atoms with Crippen molar-refractivity contribution in [1.82, 2.24) is 5.16 Å². The van der Waals surface area contributed by atoms with Crippen LogP contribution in [0.4, 0.5) is 0 Å². The molecule has 7 heteroatoms. The van der Waals surface area contributed by atoms with E-state index in [4.69, 9.17) is 24.0 Å². The van der Waals surface area contributed by atoms with Crippen LogP contribution in [0.5, 0.6) is 11.5 Å². The van der Waals surface area contributed by atoms with Gasteiger partial charge >= 0.3 is 5.97 Å².